The molecule has 0 aliphatic carbocycles. The van der Waals surface area contributed by atoms with Crippen LogP contribution in [0, 0.1) is 11.8 Å². The Kier molecular flexibility index (Phi) is 3.72. The first-order valence-electron chi connectivity index (χ1n) is 7.82. The average Bonchev–Trinajstić information content (AvgIpc) is 2.99. The summed E-state index contributed by atoms with van der Waals surface area (Å²) < 4.78 is 10.8. The molecule has 8 heteroatoms. The number of fused-ring (bicyclic) bond motifs is 2. The van der Waals surface area contributed by atoms with Gasteiger partial charge in [-0.3, -0.25) is 0 Å². The molecule has 0 amide bonds. The van der Waals surface area contributed by atoms with Gasteiger partial charge in [0.2, 0.25) is 6.79 Å². The van der Waals surface area contributed by atoms with Gasteiger partial charge in [-0.1, -0.05) is 6.07 Å². The van der Waals surface area contributed by atoms with Crippen molar-refractivity contribution < 1.29 is 19.4 Å². The number of rotatable bonds is 3. The summed E-state index contributed by atoms with van der Waals surface area (Å²) in [6.07, 6.45) is 0.112. The Morgan fingerprint density at radius 3 is 2.62 bits per heavy atom. The Labute approximate surface area is 147 Å². The minimum absolute atomic E-state index is 0.0667. The summed E-state index contributed by atoms with van der Waals surface area (Å²) in [4.78, 5) is 22.2. The van der Waals surface area contributed by atoms with Gasteiger partial charge in [0.05, 0.1) is 0 Å². The number of hydrogen-bond acceptors (Lipinski definition) is 7. The van der Waals surface area contributed by atoms with Gasteiger partial charge >= 0.3 is 5.97 Å². The van der Waals surface area contributed by atoms with Crippen molar-refractivity contribution in [3.63, 3.8) is 0 Å². The fourth-order valence-electron chi connectivity index (χ4n) is 2.97. The molecule has 8 nitrogen and oxygen atoms in total. The minimum Gasteiger partial charge on any atom is -0.477 e. The van der Waals surface area contributed by atoms with E-state index in [-0.39, 0.29) is 18.9 Å². The van der Waals surface area contributed by atoms with E-state index in [9.17, 15) is 14.8 Å². The van der Waals surface area contributed by atoms with Crippen LogP contribution in [0.3, 0.4) is 0 Å². The molecule has 2 aliphatic rings. The smallest absolute Gasteiger partial charge is 0.352 e. The third-order valence-electron chi connectivity index (χ3n) is 4.30. The molecule has 26 heavy (non-hydrogen) atoms. The highest BCUT2D eigenvalue weighted by Crippen LogP contribution is 2.37. The first kappa shape index (κ1) is 15.9. The molecule has 4 rings (SSSR count). The van der Waals surface area contributed by atoms with Gasteiger partial charge in [-0.05, 0) is 47.5 Å². The van der Waals surface area contributed by atoms with Crippen LogP contribution < -0.4 is 9.47 Å². The van der Waals surface area contributed by atoms with Crippen molar-refractivity contribution in [3.05, 3.63) is 57.5 Å². The van der Waals surface area contributed by atoms with Crippen LogP contribution in [0.2, 0.25) is 0 Å². The lowest BCUT2D eigenvalue weighted by Crippen LogP contribution is -2.15. The Bertz CT molecular complexity index is 1010. The molecule has 0 bridgehead atoms. The average molecular weight is 351 g/mol. The highest BCUT2D eigenvalue weighted by molar-refractivity contribution is 6.36. The summed E-state index contributed by atoms with van der Waals surface area (Å²) in [7, 11) is 0. The maximum Gasteiger partial charge on any atom is 0.352 e. The summed E-state index contributed by atoms with van der Waals surface area (Å²) >= 11 is 0. The van der Waals surface area contributed by atoms with Crippen LogP contribution in [-0.4, -0.2) is 29.3 Å². The van der Waals surface area contributed by atoms with Crippen molar-refractivity contribution >= 4 is 23.1 Å². The monoisotopic (exact) mass is 351 g/mol. The molecular formula is C18H13N3O5. The van der Waals surface area contributed by atoms with Gasteiger partial charge in [0.1, 0.15) is 11.4 Å². The standard InChI is InChI=1S/C18H13N3O5/c1-9-4-10(2-3-13(9)21-24)17-12-7-16-15(25-8-26-16)6-11(12)5-14(18(22)23)19-20-17/h2-4,6-7H,5,8H2,1H3,(H,22,23). The molecular weight excluding hydrogens is 338 g/mol. The zero-order chi connectivity index (χ0) is 18.3. The highest BCUT2D eigenvalue weighted by atomic mass is 16.7. The molecule has 0 radical (unpaired) electrons. The third-order valence-corrected chi connectivity index (χ3v) is 4.30. The fraction of sp³-hybridized carbons (Fsp3) is 0.167. The maximum atomic E-state index is 11.4. The van der Waals surface area contributed by atoms with Gasteiger partial charge in [0.15, 0.2) is 17.2 Å². The number of nitrogens with zero attached hydrogens (tertiary/aromatic N) is 3. The number of ether oxygens (including phenoxy) is 2. The molecule has 2 aliphatic heterocycles. The van der Waals surface area contributed by atoms with E-state index >= 15 is 0 Å². The van der Waals surface area contributed by atoms with Crippen LogP contribution in [0.15, 0.2) is 45.7 Å². The first-order chi connectivity index (χ1) is 12.6. The number of carboxylic acids is 1. The number of nitroso groups, excluding NO2 is 1. The van der Waals surface area contributed by atoms with Crippen LogP contribution in [0.4, 0.5) is 5.69 Å². The van der Waals surface area contributed by atoms with E-state index in [1.54, 1.807) is 37.3 Å². The van der Waals surface area contributed by atoms with Gasteiger partial charge in [-0.25, -0.2) is 4.79 Å². The summed E-state index contributed by atoms with van der Waals surface area (Å²) in [5.41, 5.74) is 3.59. The molecule has 130 valence electrons. The number of aryl methyl sites for hydroxylation is 1. The molecule has 2 aromatic rings. The largest absolute Gasteiger partial charge is 0.477 e. The Hall–Kier alpha value is -3.55. The number of carboxylic acid groups (broad SMARTS) is 1. The normalized spacial score (nSPS) is 14.8. The number of hydrogen-bond donors (Lipinski definition) is 1. The quantitative estimate of drug-likeness (QED) is 0.855. The van der Waals surface area contributed by atoms with E-state index in [0.29, 0.717) is 39.6 Å². The summed E-state index contributed by atoms with van der Waals surface area (Å²) in [5, 5.41) is 20.4. The zero-order valence-corrected chi connectivity index (χ0v) is 13.7. The number of benzene rings is 2. The fourth-order valence-corrected chi connectivity index (χ4v) is 2.97. The molecule has 0 atom stereocenters. The van der Waals surface area contributed by atoms with Crippen molar-refractivity contribution in [1.29, 1.82) is 0 Å². The second kappa shape index (κ2) is 6.07. The topological polar surface area (TPSA) is 110 Å². The van der Waals surface area contributed by atoms with Crippen LogP contribution in [-0.2, 0) is 11.2 Å². The lowest BCUT2D eigenvalue weighted by atomic mass is 9.93. The van der Waals surface area contributed by atoms with Gasteiger partial charge in [-0.2, -0.15) is 0 Å². The van der Waals surface area contributed by atoms with Crippen molar-refractivity contribution in [2.45, 2.75) is 13.3 Å². The van der Waals surface area contributed by atoms with Gasteiger partial charge in [0.25, 0.3) is 0 Å². The van der Waals surface area contributed by atoms with Crippen molar-refractivity contribution in [2.75, 3.05) is 6.79 Å². The molecule has 0 fully saturated rings. The molecule has 1 N–H and O–H groups in total. The van der Waals surface area contributed by atoms with E-state index < -0.39 is 5.97 Å². The van der Waals surface area contributed by atoms with E-state index in [0.717, 1.165) is 5.56 Å². The molecule has 0 spiro atoms. The molecule has 2 heterocycles. The molecule has 0 saturated carbocycles. The summed E-state index contributed by atoms with van der Waals surface area (Å²) in [5.74, 6) is -0.000141. The highest BCUT2D eigenvalue weighted by Gasteiger charge is 2.25. The van der Waals surface area contributed by atoms with E-state index in [4.69, 9.17) is 9.47 Å². The van der Waals surface area contributed by atoms with E-state index in [2.05, 4.69) is 15.4 Å². The van der Waals surface area contributed by atoms with Gasteiger partial charge < -0.3 is 14.6 Å². The van der Waals surface area contributed by atoms with E-state index in [1.165, 1.54) is 0 Å². The van der Waals surface area contributed by atoms with Crippen LogP contribution in [0.5, 0.6) is 11.5 Å². The van der Waals surface area contributed by atoms with Crippen LogP contribution in [0.1, 0.15) is 22.3 Å². The second-order valence-electron chi connectivity index (χ2n) is 5.93. The molecule has 0 saturated heterocycles. The molecule has 0 unspecified atom stereocenters. The second-order valence-corrected chi connectivity index (χ2v) is 5.93. The van der Waals surface area contributed by atoms with Crippen molar-refractivity contribution in [2.24, 2.45) is 15.4 Å². The molecule has 0 aromatic heterocycles. The van der Waals surface area contributed by atoms with Gasteiger partial charge in [0, 0.05) is 17.5 Å². The lowest BCUT2D eigenvalue weighted by molar-refractivity contribution is -0.129. The first-order valence-corrected chi connectivity index (χ1v) is 7.82. The Morgan fingerprint density at radius 1 is 1.15 bits per heavy atom. The summed E-state index contributed by atoms with van der Waals surface area (Å²) in [6, 6.07) is 8.60. The van der Waals surface area contributed by atoms with Crippen LogP contribution >= 0.6 is 0 Å². The minimum atomic E-state index is -1.13. The SMILES string of the molecule is Cc1cc(C2=NN=C(C(=O)O)Cc3cc4c(cc32)OCO4)ccc1N=O. The Morgan fingerprint density at radius 2 is 1.92 bits per heavy atom. The van der Waals surface area contributed by atoms with Crippen LogP contribution in [0.25, 0.3) is 0 Å². The number of aliphatic carboxylic acids is 1. The Balaban J connectivity index is 1.91. The van der Waals surface area contributed by atoms with Crippen molar-refractivity contribution in [3.8, 4) is 11.5 Å². The predicted octanol–water partition coefficient (Wildman–Crippen LogP) is 2.96. The van der Waals surface area contributed by atoms with Gasteiger partial charge in [-0.15, -0.1) is 15.1 Å². The van der Waals surface area contributed by atoms with E-state index in [1.807, 2.05) is 0 Å². The summed E-state index contributed by atoms with van der Waals surface area (Å²) in [6.45, 7) is 1.88. The number of carbonyl (C=O) groups is 1. The van der Waals surface area contributed by atoms with Crippen molar-refractivity contribution in [1.82, 2.24) is 0 Å². The lowest BCUT2D eigenvalue weighted by Gasteiger charge is -2.11. The predicted molar refractivity (Wildman–Crippen MR) is 93.6 cm³/mol. The zero-order valence-electron chi connectivity index (χ0n) is 13.7. The maximum absolute atomic E-state index is 11.4. The third kappa shape index (κ3) is 2.61. The molecule has 2 aromatic carbocycles.